The third-order valence-electron chi connectivity index (χ3n) is 7.49. The van der Waals surface area contributed by atoms with Crippen LogP contribution in [0.2, 0.25) is 0 Å². The lowest BCUT2D eigenvalue weighted by molar-refractivity contribution is 0.413. The fourth-order valence-corrected chi connectivity index (χ4v) is 5.87. The second-order valence-corrected chi connectivity index (χ2v) is 10.5. The van der Waals surface area contributed by atoms with Crippen LogP contribution in [-0.4, -0.2) is 26.8 Å². The van der Waals surface area contributed by atoms with Crippen molar-refractivity contribution in [3.05, 3.63) is 126 Å². The molecule has 0 spiro atoms. The topological polar surface area (TPSA) is 64.4 Å². The lowest BCUT2D eigenvalue weighted by Gasteiger charge is -2.28. The van der Waals surface area contributed by atoms with Crippen LogP contribution in [0, 0.1) is 20.8 Å². The molecule has 1 saturated heterocycles. The van der Waals surface area contributed by atoms with Gasteiger partial charge in [0.15, 0.2) is 5.11 Å². The zero-order valence-electron chi connectivity index (χ0n) is 23.4. The molecule has 5 aromatic rings. The van der Waals surface area contributed by atoms with Crippen molar-refractivity contribution in [2.75, 3.05) is 12.0 Å². The summed E-state index contributed by atoms with van der Waals surface area (Å²) in [7, 11) is 1.65. The molecule has 7 nitrogen and oxygen atoms in total. The molecule has 1 N–H and O–H groups in total. The first-order valence-electron chi connectivity index (χ1n) is 13.5. The Balaban J connectivity index is 1.39. The fourth-order valence-electron chi connectivity index (χ4n) is 5.53. The number of nitrogens with one attached hydrogen (secondary N) is 1. The quantitative estimate of drug-likeness (QED) is 0.211. The minimum absolute atomic E-state index is 0.130. The van der Waals surface area contributed by atoms with E-state index in [1.54, 1.807) is 7.11 Å². The van der Waals surface area contributed by atoms with Crippen LogP contribution < -0.4 is 19.7 Å². The van der Waals surface area contributed by atoms with Crippen LogP contribution >= 0.6 is 12.2 Å². The van der Waals surface area contributed by atoms with Gasteiger partial charge in [0.1, 0.15) is 23.1 Å². The Bertz CT molecular complexity index is 1680. The van der Waals surface area contributed by atoms with Crippen molar-refractivity contribution >= 4 is 23.0 Å². The predicted molar refractivity (Wildman–Crippen MR) is 165 cm³/mol. The van der Waals surface area contributed by atoms with Crippen LogP contribution in [0.25, 0.3) is 5.82 Å². The van der Waals surface area contributed by atoms with E-state index in [9.17, 15) is 0 Å². The highest BCUT2D eigenvalue weighted by Gasteiger charge is 2.42. The molecule has 0 unspecified atom stereocenters. The summed E-state index contributed by atoms with van der Waals surface area (Å²) in [6.07, 6.45) is 3.66. The lowest BCUT2D eigenvalue weighted by Crippen LogP contribution is -2.29. The van der Waals surface area contributed by atoms with E-state index in [0.717, 1.165) is 57.0 Å². The highest BCUT2D eigenvalue weighted by atomic mass is 32.1. The molecule has 6 rings (SSSR count). The summed E-state index contributed by atoms with van der Waals surface area (Å²) in [6.45, 7) is 6.36. The number of hydrogen-bond acceptors (Lipinski definition) is 5. The molecule has 3 aromatic heterocycles. The van der Waals surface area contributed by atoms with E-state index in [4.69, 9.17) is 31.7 Å². The van der Waals surface area contributed by atoms with Crippen LogP contribution in [0.4, 0.5) is 5.69 Å². The van der Waals surface area contributed by atoms with Gasteiger partial charge in [-0.3, -0.25) is 4.98 Å². The molecule has 0 aliphatic carbocycles. The Morgan fingerprint density at radius 1 is 0.805 bits per heavy atom. The Morgan fingerprint density at radius 2 is 1.49 bits per heavy atom. The van der Waals surface area contributed by atoms with Gasteiger partial charge in [0, 0.05) is 29.5 Å². The zero-order chi connectivity index (χ0) is 28.5. The van der Waals surface area contributed by atoms with Gasteiger partial charge < -0.3 is 24.3 Å². The van der Waals surface area contributed by atoms with Gasteiger partial charge in [0.25, 0.3) is 0 Å². The maximum absolute atomic E-state index is 6.08. The Kier molecular flexibility index (Phi) is 7.15. The van der Waals surface area contributed by atoms with E-state index in [-0.39, 0.29) is 12.1 Å². The van der Waals surface area contributed by atoms with E-state index < -0.39 is 0 Å². The number of pyridine rings is 2. The van der Waals surface area contributed by atoms with Gasteiger partial charge in [-0.2, -0.15) is 0 Å². The summed E-state index contributed by atoms with van der Waals surface area (Å²) in [6, 6.07) is 27.6. The first kappa shape index (κ1) is 26.5. The predicted octanol–water partition coefficient (Wildman–Crippen LogP) is 7.17. The SMILES string of the molecule is COc1ccc(Oc2ccc(N3C(=S)N[C@@H](c4ccccn4)[C@@H]3c3cc(C)n(-c4ncccc4C)c3C)cc2)cc1. The van der Waals surface area contributed by atoms with Gasteiger partial charge in [0.2, 0.25) is 0 Å². The summed E-state index contributed by atoms with van der Waals surface area (Å²) in [5.41, 5.74) is 6.40. The number of benzene rings is 2. The molecule has 1 fully saturated rings. The van der Waals surface area contributed by atoms with Gasteiger partial charge in [-0.1, -0.05) is 12.1 Å². The van der Waals surface area contributed by atoms with Crippen LogP contribution in [0.5, 0.6) is 17.2 Å². The normalized spacial score (nSPS) is 16.5. The molecular weight excluding hydrogens is 530 g/mol. The number of rotatable bonds is 7. The van der Waals surface area contributed by atoms with Crippen molar-refractivity contribution in [3.63, 3.8) is 0 Å². The van der Waals surface area contributed by atoms with Gasteiger partial charge in [-0.25, -0.2) is 4.98 Å². The van der Waals surface area contributed by atoms with Gasteiger partial charge in [-0.05, 0) is 117 Å². The van der Waals surface area contributed by atoms with Crippen LogP contribution in [0.15, 0.2) is 97.3 Å². The molecule has 0 bridgehead atoms. The minimum Gasteiger partial charge on any atom is -0.497 e. The number of thiocarbonyl (C=S) groups is 1. The number of aryl methyl sites for hydroxylation is 2. The van der Waals surface area contributed by atoms with Gasteiger partial charge in [0.05, 0.1) is 24.9 Å². The average molecular weight is 562 g/mol. The summed E-state index contributed by atoms with van der Waals surface area (Å²) < 4.78 is 13.6. The smallest absolute Gasteiger partial charge is 0.174 e. The van der Waals surface area contributed by atoms with E-state index >= 15 is 0 Å². The standard InChI is InChI=1S/C33H31N5O2S/c1-21-8-7-19-35-32(21)37-22(2)20-28(23(37)3)31-30(29-9-5-6-18-34-29)36-33(41)38(31)24-10-12-26(13-11-24)40-27-16-14-25(39-4)15-17-27/h5-20,30-31H,1-4H3,(H,36,41)/t30-,31-/m0/s1. The third kappa shape index (κ3) is 5.02. The zero-order valence-corrected chi connectivity index (χ0v) is 24.2. The molecule has 206 valence electrons. The Labute approximate surface area is 245 Å². The van der Waals surface area contributed by atoms with E-state index in [1.165, 1.54) is 0 Å². The fraction of sp³-hybridized carbons (Fsp3) is 0.182. The molecule has 0 amide bonds. The molecule has 1 aliphatic rings. The number of ether oxygens (including phenoxy) is 2. The van der Waals surface area contributed by atoms with Crippen molar-refractivity contribution in [2.45, 2.75) is 32.9 Å². The molecule has 0 saturated carbocycles. The first-order chi connectivity index (χ1) is 19.9. The van der Waals surface area contributed by atoms with Crippen LogP contribution in [0.3, 0.4) is 0 Å². The Hall–Kier alpha value is -4.69. The van der Waals surface area contributed by atoms with Crippen molar-refractivity contribution in [1.29, 1.82) is 0 Å². The maximum atomic E-state index is 6.08. The highest BCUT2D eigenvalue weighted by molar-refractivity contribution is 7.80. The summed E-state index contributed by atoms with van der Waals surface area (Å²) in [4.78, 5) is 11.6. The number of methoxy groups -OCH3 is 1. The second-order valence-electron chi connectivity index (χ2n) is 10.1. The van der Waals surface area contributed by atoms with E-state index in [0.29, 0.717) is 5.11 Å². The maximum Gasteiger partial charge on any atom is 0.174 e. The first-order valence-corrected chi connectivity index (χ1v) is 13.9. The van der Waals surface area contributed by atoms with Crippen LogP contribution in [0.1, 0.15) is 40.3 Å². The number of nitrogens with zero attached hydrogens (tertiary/aromatic N) is 4. The molecular formula is C33H31N5O2S. The second kappa shape index (κ2) is 11.1. The van der Waals surface area contributed by atoms with Gasteiger partial charge >= 0.3 is 0 Å². The molecule has 2 atom stereocenters. The summed E-state index contributed by atoms with van der Waals surface area (Å²) in [5, 5.41) is 4.21. The number of anilines is 1. The third-order valence-corrected chi connectivity index (χ3v) is 7.81. The van der Waals surface area contributed by atoms with Crippen LogP contribution in [-0.2, 0) is 0 Å². The summed E-state index contributed by atoms with van der Waals surface area (Å²) >= 11 is 5.96. The molecule has 41 heavy (non-hydrogen) atoms. The number of aromatic nitrogens is 3. The van der Waals surface area contributed by atoms with Gasteiger partial charge in [-0.15, -0.1) is 0 Å². The molecule has 4 heterocycles. The van der Waals surface area contributed by atoms with E-state index in [1.807, 2.05) is 85.2 Å². The van der Waals surface area contributed by atoms with Crippen molar-refractivity contribution in [2.24, 2.45) is 0 Å². The molecule has 2 aromatic carbocycles. The molecule has 0 radical (unpaired) electrons. The van der Waals surface area contributed by atoms with Crippen molar-refractivity contribution < 1.29 is 9.47 Å². The molecule has 1 aliphatic heterocycles. The minimum atomic E-state index is -0.141. The molecule has 8 heteroatoms. The summed E-state index contributed by atoms with van der Waals surface area (Å²) in [5.74, 6) is 3.19. The van der Waals surface area contributed by atoms with E-state index in [2.05, 4.69) is 47.7 Å². The largest absolute Gasteiger partial charge is 0.497 e. The van der Waals surface area contributed by atoms with Crippen molar-refractivity contribution in [1.82, 2.24) is 19.9 Å². The highest BCUT2D eigenvalue weighted by Crippen LogP contribution is 2.44. The number of hydrogen-bond donors (Lipinski definition) is 1. The monoisotopic (exact) mass is 561 g/mol. The Morgan fingerprint density at radius 3 is 2.15 bits per heavy atom. The lowest BCUT2D eigenvalue weighted by atomic mass is 9.96. The average Bonchev–Trinajstić information content (AvgIpc) is 3.49. The van der Waals surface area contributed by atoms with Crippen molar-refractivity contribution in [3.8, 4) is 23.1 Å².